The zero-order chi connectivity index (χ0) is 16.9. The summed E-state index contributed by atoms with van der Waals surface area (Å²) in [5.41, 5.74) is 1.71. The molecule has 1 aliphatic heterocycles. The lowest BCUT2D eigenvalue weighted by Crippen LogP contribution is -2.01. The summed E-state index contributed by atoms with van der Waals surface area (Å²) in [6.45, 7) is 0.107. The Bertz CT molecular complexity index is 818. The molecule has 24 heavy (non-hydrogen) atoms. The number of thioether (sulfide) groups is 1. The minimum atomic E-state index is -0.254. The molecule has 4 nitrogen and oxygen atoms in total. The van der Waals surface area contributed by atoms with Crippen LogP contribution < -0.4 is 4.74 Å². The predicted octanol–water partition coefficient (Wildman–Crippen LogP) is 3.77. The maximum absolute atomic E-state index is 12.1. The first-order valence-electron chi connectivity index (χ1n) is 7.28. The van der Waals surface area contributed by atoms with Gasteiger partial charge >= 0.3 is 0 Å². The van der Waals surface area contributed by atoms with Crippen LogP contribution >= 0.6 is 23.4 Å². The van der Waals surface area contributed by atoms with Crippen molar-refractivity contribution < 1.29 is 14.6 Å². The molecule has 0 unspecified atom stereocenters. The predicted molar refractivity (Wildman–Crippen MR) is 97.6 cm³/mol. The summed E-state index contributed by atoms with van der Waals surface area (Å²) in [4.78, 5) is 16.7. The van der Waals surface area contributed by atoms with Crippen LogP contribution in [0.1, 0.15) is 11.1 Å². The fourth-order valence-electron chi connectivity index (χ4n) is 2.14. The summed E-state index contributed by atoms with van der Waals surface area (Å²) in [7, 11) is 0. The zero-order valence-corrected chi connectivity index (χ0v) is 14.2. The number of rotatable bonds is 5. The van der Waals surface area contributed by atoms with Crippen molar-refractivity contribution in [1.82, 2.24) is 0 Å². The molecule has 0 fully saturated rings. The lowest BCUT2D eigenvalue weighted by molar-refractivity contribution is -0.113. The second-order valence-corrected chi connectivity index (χ2v) is 6.40. The van der Waals surface area contributed by atoms with Crippen molar-refractivity contribution in [3.05, 3.63) is 69.6 Å². The van der Waals surface area contributed by atoms with Crippen molar-refractivity contribution in [2.75, 3.05) is 13.2 Å². The highest BCUT2D eigenvalue weighted by Gasteiger charge is 2.22. The molecule has 0 radical (unpaired) electrons. The molecule has 3 rings (SSSR count). The van der Waals surface area contributed by atoms with Crippen molar-refractivity contribution in [3.8, 4) is 5.75 Å². The number of aliphatic imine (C=N–C) groups is 1. The number of nitrogens with zero attached hydrogens (tertiary/aromatic N) is 1. The summed E-state index contributed by atoms with van der Waals surface area (Å²) in [6.07, 6.45) is 1.76. The number of carbonyl (C=O) groups is 1. The second-order valence-electron chi connectivity index (χ2n) is 4.96. The first-order chi connectivity index (χ1) is 11.7. The smallest absolute Gasteiger partial charge is 0.284 e. The van der Waals surface area contributed by atoms with E-state index in [0.29, 0.717) is 20.7 Å². The first-order valence-corrected chi connectivity index (χ1v) is 8.48. The second kappa shape index (κ2) is 7.66. The number of amides is 1. The summed E-state index contributed by atoms with van der Waals surface area (Å²) in [5, 5.41) is 9.90. The Labute approximate surface area is 148 Å². The highest BCUT2D eigenvalue weighted by molar-refractivity contribution is 8.19. The van der Waals surface area contributed by atoms with Crippen LogP contribution in [0.25, 0.3) is 6.08 Å². The average Bonchev–Trinajstić information content (AvgIpc) is 2.96. The number of hydrogen-bond acceptors (Lipinski definition) is 4. The van der Waals surface area contributed by atoms with E-state index in [1.165, 1.54) is 11.8 Å². The third-order valence-electron chi connectivity index (χ3n) is 3.24. The summed E-state index contributed by atoms with van der Waals surface area (Å²) in [5.74, 6) is 0.245. The van der Waals surface area contributed by atoms with Crippen molar-refractivity contribution in [3.63, 3.8) is 0 Å². The van der Waals surface area contributed by atoms with Crippen molar-refractivity contribution in [2.45, 2.75) is 0 Å². The van der Waals surface area contributed by atoms with Gasteiger partial charge in [0.25, 0.3) is 5.91 Å². The maximum Gasteiger partial charge on any atom is 0.284 e. The molecule has 6 heteroatoms. The number of aliphatic hydroxyl groups excluding tert-OH is 1. The fraction of sp³-hybridized carbons (Fsp3) is 0.111. The Morgan fingerprint density at radius 2 is 2.00 bits per heavy atom. The molecule has 122 valence electrons. The van der Waals surface area contributed by atoms with E-state index in [4.69, 9.17) is 21.4 Å². The van der Waals surface area contributed by atoms with Crippen LogP contribution in [0.2, 0.25) is 5.02 Å². The third-order valence-corrected chi connectivity index (χ3v) is 4.57. The molecule has 0 aromatic heterocycles. The number of carbonyl (C=O) groups excluding carboxylic acids is 1. The van der Waals surface area contributed by atoms with Gasteiger partial charge in [-0.3, -0.25) is 4.79 Å². The molecule has 2 aromatic rings. The van der Waals surface area contributed by atoms with Gasteiger partial charge in [0, 0.05) is 5.56 Å². The van der Waals surface area contributed by atoms with Gasteiger partial charge in [-0.05, 0) is 23.8 Å². The van der Waals surface area contributed by atoms with Gasteiger partial charge in [-0.25, -0.2) is 4.99 Å². The minimum Gasteiger partial charge on any atom is -0.490 e. The summed E-state index contributed by atoms with van der Waals surface area (Å²) in [6, 6.07) is 14.8. The highest BCUT2D eigenvalue weighted by atomic mass is 35.5. The number of aliphatic hydroxyl groups is 1. The number of benzene rings is 2. The van der Waals surface area contributed by atoms with Crippen LogP contribution in [0.5, 0.6) is 5.75 Å². The molecular weight excluding hydrogens is 346 g/mol. The van der Waals surface area contributed by atoms with Gasteiger partial charge in [-0.2, -0.15) is 0 Å². The molecule has 0 aliphatic carbocycles. The number of hydrogen-bond donors (Lipinski definition) is 1. The highest BCUT2D eigenvalue weighted by Crippen LogP contribution is 2.33. The van der Waals surface area contributed by atoms with Gasteiger partial charge in [0.2, 0.25) is 0 Å². The van der Waals surface area contributed by atoms with E-state index < -0.39 is 0 Å². The van der Waals surface area contributed by atoms with Crippen LogP contribution in [-0.4, -0.2) is 29.3 Å². The summed E-state index contributed by atoms with van der Waals surface area (Å²) >= 11 is 7.50. The lowest BCUT2D eigenvalue weighted by atomic mass is 10.2. The van der Waals surface area contributed by atoms with E-state index in [1.807, 2.05) is 30.3 Å². The van der Waals surface area contributed by atoms with E-state index in [0.717, 1.165) is 11.1 Å². The summed E-state index contributed by atoms with van der Waals surface area (Å²) < 4.78 is 5.31. The molecule has 0 spiro atoms. The largest absolute Gasteiger partial charge is 0.490 e. The third kappa shape index (κ3) is 3.87. The van der Waals surface area contributed by atoms with E-state index >= 15 is 0 Å². The quantitative estimate of drug-likeness (QED) is 0.825. The van der Waals surface area contributed by atoms with Gasteiger partial charge < -0.3 is 9.84 Å². The van der Waals surface area contributed by atoms with Gasteiger partial charge in [0.15, 0.2) is 0 Å². The van der Waals surface area contributed by atoms with Crippen molar-refractivity contribution in [2.24, 2.45) is 4.99 Å². The van der Waals surface area contributed by atoms with E-state index in [-0.39, 0.29) is 19.1 Å². The monoisotopic (exact) mass is 359 g/mol. The topological polar surface area (TPSA) is 58.9 Å². The maximum atomic E-state index is 12.1. The molecule has 1 amide bonds. The van der Waals surface area contributed by atoms with E-state index in [9.17, 15) is 4.79 Å². The number of ether oxygens (including phenoxy) is 1. The van der Waals surface area contributed by atoms with Crippen LogP contribution in [0.15, 0.2) is 58.4 Å². The average molecular weight is 360 g/mol. The Hall–Kier alpha value is -2.08. The van der Waals surface area contributed by atoms with Gasteiger partial charge in [0.1, 0.15) is 17.4 Å². The standard InChI is InChI=1S/C18H14ClNO3S/c19-14-10-12(6-7-15(14)23-9-8-21)11-16-17(22)20-18(24-16)13-4-2-1-3-5-13/h1-7,10-11,21H,8-9H2/b16-11-. The van der Waals surface area contributed by atoms with E-state index in [2.05, 4.69) is 4.99 Å². The SMILES string of the molecule is O=C1N=C(c2ccccc2)S/C1=C\c1ccc(OCCO)c(Cl)c1. The molecule has 0 atom stereocenters. The normalized spacial score (nSPS) is 15.7. The molecule has 1 N–H and O–H groups in total. The van der Waals surface area contributed by atoms with Crippen LogP contribution in [0.3, 0.4) is 0 Å². The van der Waals surface area contributed by atoms with Gasteiger partial charge in [-0.1, -0.05) is 59.8 Å². The number of halogens is 1. The Kier molecular flexibility index (Phi) is 5.35. The Morgan fingerprint density at radius 1 is 1.21 bits per heavy atom. The fourth-order valence-corrected chi connectivity index (χ4v) is 3.31. The molecule has 2 aromatic carbocycles. The Morgan fingerprint density at radius 3 is 2.71 bits per heavy atom. The molecule has 1 aliphatic rings. The van der Waals surface area contributed by atoms with Gasteiger partial charge in [-0.15, -0.1) is 0 Å². The van der Waals surface area contributed by atoms with Crippen molar-refractivity contribution >= 4 is 40.4 Å². The van der Waals surface area contributed by atoms with Crippen molar-refractivity contribution in [1.29, 1.82) is 0 Å². The molecule has 1 heterocycles. The van der Waals surface area contributed by atoms with Crippen LogP contribution in [0.4, 0.5) is 0 Å². The van der Waals surface area contributed by atoms with Crippen LogP contribution in [0, 0.1) is 0 Å². The molecule has 0 bridgehead atoms. The lowest BCUT2D eigenvalue weighted by Gasteiger charge is -2.07. The Balaban J connectivity index is 1.78. The van der Waals surface area contributed by atoms with Gasteiger partial charge in [0.05, 0.1) is 16.5 Å². The minimum absolute atomic E-state index is 0.0765. The van der Waals surface area contributed by atoms with Crippen LogP contribution in [-0.2, 0) is 4.79 Å². The first kappa shape index (κ1) is 16.8. The van der Waals surface area contributed by atoms with E-state index in [1.54, 1.807) is 24.3 Å². The molecular formula is C18H14ClNO3S. The zero-order valence-electron chi connectivity index (χ0n) is 12.6. The molecule has 0 saturated heterocycles. The molecule has 0 saturated carbocycles.